The third kappa shape index (κ3) is 1.73. The molecule has 0 spiro atoms. The Morgan fingerprint density at radius 3 is 2.40 bits per heavy atom. The summed E-state index contributed by atoms with van der Waals surface area (Å²) in [5.41, 5.74) is 1.27. The van der Waals surface area contributed by atoms with Crippen LogP contribution in [-0.4, -0.2) is 16.8 Å². The van der Waals surface area contributed by atoms with Gasteiger partial charge in [-0.1, -0.05) is 0 Å². The van der Waals surface area contributed by atoms with Crippen LogP contribution in [0.2, 0.25) is 0 Å². The molecule has 1 heterocycles. The highest BCUT2D eigenvalue weighted by molar-refractivity contribution is 5.19. The zero-order chi connectivity index (χ0) is 13.7. The molecule has 20 heavy (non-hydrogen) atoms. The molecule has 4 fully saturated rings. The first-order valence-corrected chi connectivity index (χ1v) is 7.84. The van der Waals surface area contributed by atoms with E-state index in [1.54, 1.807) is 0 Å². The topological polar surface area (TPSA) is 53.6 Å². The summed E-state index contributed by atoms with van der Waals surface area (Å²) >= 11 is 0. The van der Waals surface area contributed by atoms with Crippen molar-refractivity contribution in [1.29, 1.82) is 5.26 Å². The minimum Gasteiger partial charge on any atom is -0.301 e. The predicted molar refractivity (Wildman–Crippen MR) is 75.8 cm³/mol. The molecule has 0 radical (unpaired) electrons. The first-order valence-electron chi connectivity index (χ1n) is 7.84. The lowest BCUT2D eigenvalue weighted by molar-refractivity contribution is -0.0494. The van der Waals surface area contributed by atoms with E-state index in [0.717, 1.165) is 23.3 Å². The highest BCUT2D eigenvalue weighted by Crippen LogP contribution is 2.58. The van der Waals surface area contributed by atoms with Gasteiger partial charge in [0.25, 0.3) is 0 Å². The van der Waals surface area contributed by atoms with Crippen LogP contribution < -0.4 is 5.32 Å². The minimum atomic E-state index is -0.238. The fraction of sp³-hybridized carbons (Fsp3) is 0.750. The van der Waals surface area contributed by atoms with Gasteiger partial charge in [0.05, 0.1) is 17.8 Å². The van der Waals surface area contributed by atoms with Gasteiger partial charge in [0.1, 0.15) is 6.04 Å². The molecule has 4 nitrogen and oxygen atoms in total. The van der Waals surface area contributed by atoms with Crippen molar-refractivity contribution in [3.63, 3.8) is 0 Å². The fourth-order valence-corrected chi connectivity index (χ4v) is 5.40. The third-order valence-electron chi connectivity index (χ3n) is 5.85. The first-order chi connectivity index (χ1) is 9.72. The molecule has 4 heteroatoms. The SMILES string of the molecule is CNC(C#N)c1cnn(C23CC4CC(CC(C4)C2)C3)c1. The smallest absolute Gasteiger partial charge is 0.124 e. The normalized spacial score (nSPS) is 39.7. The average Bonchev–Trinajstić information content (AvgIpc) is 2.89. The van der Waals surface area contributed by atoms with Crippen molar-refractivity contribution >= 4 is 0 Å². The van der Waals surface area contributed by atoms with Crippen LogP contribution in [0.5, 0.6) is 0 Å². The molecular weight excluding hydrogens is 248 g/mol. The summed E-state index contributed by atoms with van der Waals surface area (Å²) in [6, 6.07) is 2.05. The number of nitrogens with zero attached hydrogens (tertiary/aromatic N) is 3. The second-order valence-electron chi connectivity index (χ2n) is 7.21. The molecule has 0 amide bonds. The first kappa shape index (κ1) is 12.4. The van der Waals surface area contributed by atoms with Crippen molar-refractivity contribution in [3.8, 4) is 6.07 Å². The molecule has 0 aromatic carbocycles. The predicted octanol–water partition coefficient (Wildman–Crippen LogP) is 2.59. The van der Waals surface area contributed by atoms with Gasteiger partial charge in [-0.3, -0.25) is 4.68 Å². The van der Waals surface area contributed by atoms with Crippen LogP contribution in [0.25, 0.3) is 0 Å². The van der Waals surface area contributed by atoms with Crippen LogP contribution in [-0.2, 0) is 5.54 Å². The summed E-state index contributed by atoms with van der Waals surface area (Å²) in [6.07, 6.45) is 12.3. The van der Waals surface area contributed by atoms with Gasteiger partial charge in [0.15, 0.2) is 0 Å². The van der Waals surface area contributed by atoms with Gasteiger partial charge >= 0.3 is 0 Å². The van der Waals surface area contributed by atoms with Crippen LogP contribution >= 0.6 is 0 Å². The lowest BCUT2D eigenvalue weighted by Crippen LogP contribution is -2.52. The summed E-state index contributed by atoms with van der Waals surface area (Å²) in [6.45, 7) is 0. The summed E-state index contributed by atoms with van der Waals surface area (Å²) in [5.74, 6) is 2.76. The number of aromatic nitrogens is 2. The molecule has 4 bridgehead atoms. The quantitative estimate of drug-likeness (QED) is 0.918. The average molecular weight is 270 g/mol. The summed E-state index contributed by atoms with van der Waals surface area (Å²) < 4.78 is 2.22. The van der Waals surface area contributed by atoms with E-state index in [2.05, 4.69) is 27.4 Å². The van der Waals surface area contributed by atoms with Gasteiger partial charge < -0.3 is 5.32 Å². The highest BCUT2D eigenvalue weighted by Gasteiger charge is 2.52. The summed E-state index contributed by atoms with van der Waals surface area (Å²) in [4.78, 5) is 0. The molecule has 1 aromatic heterocycles. The summed E-state index contributed by atoms with van der Waals surface area (Å²) in [7, 11) is 1.83. The van der Waals surface area contributed by atoms with Crippen molar-refractivity contribution in [1.82, 2.24) is 15.1 Å². The number of hydrogen-bond donors (Lipinski definition) is 1. The molecule has 1 aromatic rings. The van der Waals surface area contributed by atoms with Crippen LogP contribution in [0.3, 0.4) is 0 Å². The van der Waals surface area contributed by atoms with E-state index in [9.17, 15) is 5.26 Å². The van der Waals surface area contributed by atoms with Gasteiger partial charge in [-0.2, -0.15) is 10.4 Å². The van der Waals surface area contributed by atoms with E-state index in [1.165, 1.54) is 38.5 Å². The number of rotatable bonds is 3. The molecular formula is C16H22N4. The lowest BCUT2D eigenvalue weighted by atomic mass is 9.53. The Kier molecular flexibility index (Phi) is 2.68. The molecule has 4 aliphatic rings. The van der Waals surface area contributed by atoms with Gasteiger partial charge in [-0.15, -0.1) is 0 Å². The monoisotopic (exact) mass is 270 g/mol. The van der Waals surface area contributed by atoms with E-state index < -0.39 is 0 Å². The third-order valence-corrected chi connectivity index (χ3v) is 5.85. The Labute approximate surface area is 120 Å². The van der Waals surface area contributed by atoms with Crippen molar-refractivity contribution in [2.24, 2.45) is 17.8 Å². The van der Waals surface area contributed by atoms with E-state index in [0.29, 0.717) is 0 Å². The van der Waals surface area contributed by atoms with Crippen molar-refractivity contribution in [2.45, 2.75) is 50.1 Å². The molecule has 1 N–H and O–H groups in total. The van der Waals surface area contributed by atoms with Crippen molar-refractivity contribution in [2.75, 3.05) is 7.05 Å². The fourth-order valence-electron chi connectivity index (χ4n) is 5.40. The lowest BCUT2D eigenvalue weighted by Gasteiger charge is -2.56. The van der Waals surface area contributed by atoms with E-state index in [1.807, 2.05) is 13.2 Å². The minimum absolute atomic E-state index is 0.238. The Balaban J connectivity index is 1.66. The maximum Gasteiger partial charge on any atom is 0.124 e. The number of nitrogens with one attached hydrogen (secondary N) is 1. The zero-order valence-electron chi connectivity index (χ0n) is 12.0. The maximum atomic E-state index is 9.17. The molecule has 0 aliphatic heterocycles. The maximum absolute atomic E-state index is 9.17. The van der Waals surface area contributed by atoms with Gasteiger partial charge in [-0.05, 0) is 63.3 Å². The Morgan fingerprint density at radius 2 is 1.90 bits per heavy atom. The van der Waals surface area contributed by atoms with Crippen LogP contribution in [0.4, 0.5) is 0 Å². The van der Waals surface area contributed by atoms with Crippen LogP contribution in [0.1, 0.15) is 50.1 Å². The van der Waals surface area contributed by atoms with Crippen LogP contribution in [0, 0.1) is 29.1 Å². The largest absolute Gasteiger partial charge is 0.301 e. The Hall–Kier alpha value is -1.34. The molecule has 5 rings (SSSR count). The Bertz CT molecular complexity index is 518. The number of hydrogen-bond acceptors (Lipinski definition) is 3. The van der Waals surface area contributed by atoms with E-state index >= 15 is 0 Å². The molecule has 4 saturated carbocycles. The molecule has 106 valence electrons. The van der Waals surface area contributed by atoms with Gasteiger partial charge in [-0.25, -0.2) is 0 Å². The van der Waals surface area contributed by atoms with E-state index in [-0.39, 0.29) is 11.6 Å². The van der Waals surface area contributed by atoms with Crippen molar-refractivity contribution in [3.05, 3.63) is 18.0 Å². The standard InChI is InChI=1S/C16H22N4/c1-18-15(8-17)14-9-19-20(10-14)16-5-11-2-12(6-16)4-13(3-11)7-16/h9-13,15,18H,2-7H2,1H3. The van der Waals surface area contributed by atoms with Gasteiger partial charge in [0.2, 0.25) is 0 Å². The zero-order valence-corrected chi connectivity index (χ0v) is 12.0. The van der Waals surface area contributed by atoms with Crippen molar-refractivity contribution < 1.29 is 0 Å². The van der Waals surface area contributed by atoms with Gasteiger partial charge in [0, 0.05) is 11.8 Å². The number of nitriles is 1. The molecule has 4 aliphatic carbocycles. The highest BCUT2D eigenvalue weighted by atomic mass is 15.3. The van der Waals surface area contributed by atoms with E-state index in [4.69, 9.17) is 0 Å². The molecule has 1 unspecified atom stereocenters. The summed E-state index contributed by atoms with van der Waals surface area (Å²) in [5, 5.41) is 16.9. The molecule has 0 saturated heterocycles. The second kappa shape index (κ2) is 4.33. The van der Waals surface area contributed by atoms with Crippen LogP contribution in [0.15, 0.2) is 12.4 Å². The molecule has 1 atom stereocenters. The second-order valence-corrected chi connectivity index (χ2v) is 7.21. The Morgan fingerprint density at radius 1 is 1.30 bits per heavy atom.